The van der Waals surface area contributed by atoms with E-state index in [2.05, 4.69) is 5.10 Å². The van der Waals surface area contributed by atoms with Gasteiger partial charge in [-0.15, -0.1) is 0 Å². The van der Waals surface area contributed by atoms with Gasteiger partial charge in [0.2, 0.25) is 0 Å². The van der Waals surface area contributed by atoms with E-state index in [1.807, 2.05) is 6.07 Å². The second kappa shape index (κ2) is 4.92. The Hall–Kier alpha value is -2.43. The second-order valence-electron chi connectivity index (χ2n) is 4.87. The van der Waals surface area contributed by atoms with Gasteiger partial charge in [-0.2, -0.15) is 5.10 Å². The molecule has 1 aromatic heterocycles. The molecule has 3 rings (SSSR count). The molecular weight excluding hydrogens is 259 g/mol. The predicted molar refractivity (Wildman–Crippen MR) is 72.2 cm³/mol. The minimum Gasteiger partial charge on any atom is -0.478 e. The van der Waals surface area contributed by atoms with Crippen LogP contribution in [0.3, 0.4) is 0 Å². The van der Waals surface area contributed by atoms with Crippen molar-refractivity contribution in [3.63, 3.8) is 0 Å². The van der Waals surface area contributed by atoms with Crippen molar-refractivity contribution in [2.75, 3.05) is 0 Å². The average molecular weight is 272 g/mol. The molecule has 0 unspecified atom stereocenters. The van der Waals surface area contributed by atoms with Gasteiger partial charge in [0.15, 0.2) is 0 Å². The van der Waals surface area contributed by atoms with Crippen LogP contribution in [0, 0.1) is 5.82 Å². The largest absolute Gasteiger partial charge is 0.478 e. The number of rotatable bonds is 4. The van der Waals surface area contributed by atoms with Crippen LogP contribution in [-0.4, -0.2) is 20.9 Å². The fourth-order valence-corrected chi connectivity index (χ4v) is 2.07. The van der Waals surface area contributed by atoms with E-state index in [-0.39, 0.29) is 0 Å². The molecule has 0 amide bonds. The molecule has 1 aromatic carbocycles. The molecule has 0 radical (unpaired) electrons. The number of carboxylic acid groups (broad SMARTS) is 1. The van der Waals surface area contributed by atoms with E-state index in [4.69, 9.17) is 5.11 Å². The average Bonchev–Trinajstić information content (AvgIpc) is 3.13. The fraction of sp³-hybridized carbons (Fsp3) is 0.200. The molecular formula is C15H13FN2O2. The SMILES string of the molecule is O=C(O)/C=C/c1cc(F)cc(-n2ccc(C3CC3)n2)c1. The molecule has 0 aliphatic heterocycles. The summed E-state index contributed by atoms with van der Waals surface area (Å²) >= 11 is 0. The van der Waals surface area contributed by atoms with E-state index in [1.165, 1.54) is 18.2 Å². The molecule has 1 aliphatic carbocycles. The lowest BCUT2D eigenvalue weighted by Crippen LogP contribution is -1.97. The molecule has 1 N–H and O–H groups in total. The molecule has 4 nitrogen and oxygen atoms in total. The lowest BCUT2D eigenvalue weighted by atomic mass is 10.2. The quantitative estimate of drug-likeness (QED) is 0.870. The molecule has 20 heavy (non-hydrogen) atoms. The highest BCUT2D eigenvalue weighted by molar-refractivity contribution is 5.85. The van der Waals surface area contributed by atoms with E-state index in [1.54, 1.807) is 16.9 Å². The van der Waals surface area contributed by atoms with Crippen molar-refractivity contribution in [3.8, 4) is 5.69 Å². The molecule has 102 valence electrons. The Kier molecular flexibility index (Phi) is 3.10. The predicted octanol–water partition coefficient (Wildman–Crippen LogP) is 2.99. The van der Waals surface area contributed by atoms with Crippen LogP contribution in [0.5, 0.6) is 0 Å². The fourth-order valence-electron chi connectivity index (χ4n) is 2.07. The summed E-state index contributed by atoms with van der Waals surface area (Å²) in [6, 6.07) is 6.30. The molecule has 0 spiro atoms. The smallest absolute Gasteiger partial charge is 0.328 e. The van der Waals surface area contributed by atoms with Crippen LogP contribution in [0.1, 0.15) is 30.0 Å². The molecule has 1 fully saturated rings. The van der Waals surface area contributed by atoms with Gasteiger partial charge in [0, 0.05) is 18.2 Å². The van der Waals surface area contributed by atoms with Gasteiger partial charge in [-0.05, 0) is 48.7 Å². The van der Waals surface area contributed by atoms with Crippen molar-refractivity contribution in [1.82, 2.24) is 9.78 Å². The highest BCUT2D eigenvalue weighted by atomic mass is 19.1. The summed E-state index contributed by atoms with van der Waals surface area (Å²) in [6.45, 7) is 0. The number of aromatic nitrogens is 2. The van der Waals surface area contributed by atoms with E-state index in [0.29, 0.717) is 17.2 Å². The van der Waals surface area contributed by atoms with Gasteiger partial charge in [-0.3, -0.25) is 0 Å². The van der Waals surface area contributed by atoms with Crippen molar-refractivity contribution in [2.45, 2.75) is 18.8 Å². The third kappa shape index (κ3) is 2.77. The maximum atomic E-state index is 13.6. The Labute approximate surface area is 115 Å². The second-order valence-corrected chi connectivity index (χ2v) is 4.87. The van der Waals surface area contributed by atoms with Gasteiger partial charge in [0.05, 0.1) is 11.4 Å². The van der Waals surface area contributed by atoms with Crippen LogP contribution < -0.4 is 0 Å². The van der Waals surface area contributed by atoms with Gasteiger partial charge in [-0.25, -0.2) is 13.9 Å². The van der Waals surface area contributed by atoms with Crippen LogP contribution in [-0.2, 0) is 4.79 Å². The van der Waals surface area contributed by atoms with Gasteiger partial charge in [0.25, 0.3) is 0 Å². The van der Waals surface area contributed by atoms with Crippen molar-refractivity contribution in [3.05, 3.63) is 53.6 Å². The number of hydrogen-bond donors (Lipinski definition) is 1. The number of nitrogens with zero attached hydrogens (tertiary/aromatic N) is 2. The van der Waals surface area contributed by atoms with E-state index in [9.17, 15) is 9.18 Å². The minimum atomic E-state index is -1.06. The molecule has 1 saturated carbocycles. The normalized spacial score (nSPS) is 14.8. The van der Waals surface area contributed by atoms with E-state index >= 15 is 0 Å². The Morgan fingerprint density at radius 3 is 2.90 bits per heavy atom. The molecule has 1 aliphatic rings. The zero-order valence-corrected chi connectivity index (χ0v) is 10.7. The highest BCUT2D eigenvalue weighted by Gasteiger charge is 2.25. The topological polar surface area (TPSA) is 55.1 Å². The number of carboxylic acids is 1. The summed E-state index contributed by atoms with van der Waals surface area (Å²) in [7, 11) is 0. The van der Waals surface area contributed by atoms with Crippen LogP contribution in [0.15, 0.2) is 36.5 Å². The standard InChI is InChI=1S/C15H13FN2O2/c16-12-7-10(1-4-15(19)20)8-13(9-12)18-6-5-14(17-18)11-2-3-11/h1,4-9,11H,2-3H2,(H,19,20)/b4-1+. The third-order valence-electron chi connectivity index (χ3n) is 3.19. The summed E-state index contributed by atoms with van der Waals surface area (Å²) in [5, 5.41) is 13.0. The summed E-state index contributed by atoms with van der Waals surface area (Å²) in [6.07, 6.45) is 6.46. The molecule has 1 heterocycles. The van der Waals surface area contributed by atoms with Crippen LogP contribution in [0.4, 0.5) is 4.39 Å². The van der Waals surface area contributed by atoms with Crippen molar-refractivity contribution < 1.29 is 14.3 Å². The van der Waals surface area contributed by atoms with Crippen LogP contribution in [0.25, 0.3) is 11.8 Å². The van der Waals surface area contributed by atoms with Gasteiger partial charge < -0.3 is 5.11 Å². The van der Waals surface area contributed by atoms with Gasteiger partial charge in [-0.1, -0.05) is 0 Å². The molecule has 0 bridgehead atoms. The first kappa shape index (κ1) is 12.6. The lowest BCUT2D eigenvalue weighted by molar-refractivity contribution is -0.131. The van der Waals surface area contributed by atoms with Crippen LogP contribution >= 0.6 is 0 Å². The number of carbonyl (C=O) groups is 1. The van der Waals surface area contributed by atoms with Gasteiger partial charge >= 0.3 is 5.97 Å². The zero-order chi connectivity index (χ0) is 14.1. The lowest BCUT2D eigenvalue weighted by Gasteiger charge is -2.03. The summed E-state index contributed by atoms with van der Waals surface area (Å²) < 4.78 is 15.2. The first-order valence-corrected chi connectivity index (χ1v) is 6.39. The Morgan fingerprint density at radius 1 is 1.40 bits per heavy atom. The molecule has 0 atom stereocenters. The monoisotopic (exact) mass is 272 g/mol. The summed E-state index contributed by atoms with van der Waals surface area (Å²) in [5.74, 6) is -0.946. The van der Waals surface area contributed by atoms with Crippen LogP contribution in [0.2, 0.25) is 0 Å². The number of aliphatic carboxylic acids is 1. The summed E-state index contributed by atoms with van der Waals surface area (Å²) in [4.78, 5) is 10.5. The number of benzene rings is 1. The van der Waals surface area contributed by atoms with Crippen molar-refractivity contribution >= 4 is 12.0 Å². The minimum absolute atomic E-state index is 0.420. The first-order valence-electron chi connectivity index (χ1n) is 6.39. The van der Waals surface area contributed by atoms with E-state index in [0.717, 1.165) is 24.6 Å². The Bertz CT molecular complexity index is 687. The van der Waals surface area contributed by atoms with Crippen molar-refractivity contribution in [2.24, 2.45) is 0 Å². The molecule has 2 aromatic rings. The first-order chi connectivity index (χ1) is 9.61. The van der Waals surface area contributed by atoms with E-state index < -0.39 is 11.8 Å². The third-order valence-corrected chi connectivity index (χ3v) is 3.19. The molecule has 0 saturated heterocycles. The number of hydrogen-bond acceptors (Lipinski definition) is 2. The van der Waals surface area contributed by atoms with Crippen molar-refractivity contribution in [1.29, 1.82) is 0 Å². The maximum Gasteiger partial charge on any atom is 0.328 e. The van der Waals surface area contributed by atoms with Gasteiger partial charge in [0.1, 0.15) is 5.82 Å². The maximum absolute atomic E-state index is 13.6. The zero-order valence-electron chi connectivity index (χ0n) is 10.7. The Balaban J connectivity index is 1.93. The highest BCUT2D eigenvalue weighted by Crippen LogP contribution is 2.39. The molecule has 5 heteroatoms. The Morgan fingerprint density at radius 2 is 2.20 bits per heavy atom. The summed E-state index contributed by atoms with van der Waals surface area (Å²) in [5.41, 5.74) is 2.10. The number of halogens is 1.